The molecule has 0 heterocycles. The summed E-state index contributed by atoms with van der Waals surface area (Å²) in [5, 5.41) is 0. The first-order valence-electron chi connectivity index (χ1n) is 6.71. The molecule has 0 aromatic heterocycles. The molecule has 1 aromatic carbocycles. The van der Waals surface area contributed by atoms with Crippen molar-refractivity contribution in [1.82, 2.24) is 0 Å². The predicted octanol–water partition coefficient (Wildman–Crippen LogP) is 4.19. The zero-order chi connectivity index (χ0) is 14.8. The number of ether oxygens (including phenoxy) is 1. The van der Waals surface area contributed by atoms with E-state index in [1.807, 2.05) is 0 Å². The van der Waals surface area contributed by atoms with Crippen molar-refractivity contribution >= 4 is 21.7 Å². The van der Waals surface area contributed by atoms with E-state index in [1.165, 1.54) is 13.2 Å². The number of hydrogen-bond donors (Lipinski definition) is 0. The Morgan fingerprint density at radius 3 is 2.55 bits per heavy atom. The van der Waals surface area contributed by atoms with Gasteiger partial charge in [0.2, 0.25) is 0 Å². The highest BCUT2D eigenvalue weighted by molar-refractivity contribution is 9.10. The highest BCUT2D eigenvalue weighted by Gasteiger charge is 2.39. The Morgan fingerprint density at radius 1 is 1.30 bits per heavy atom. The van der Waals surface area contributed by atoms with E-state index >= 15 is 0 Å². The maximum Gasteiger partial charge on any atom is 0.169 e. The Bertz CT molecular complexity index is 511. The Balaban J connectivity index is 2.25. The van der Waals surface area contributed by atoms with E-state index in [4.69, 9.17) is 4.74 Å². The minimum atomic E-state index is -0.876. The Labute approximate surface area is 125 Å². The molecule has 2 nitrogen and oxygen atoms in total. The summed E-state index contributed by atoms with van der Waals surface area (Å²) >= 11 is 3.01. The molecule has 0 N–H and O–H groups in total. The lowest BCUT2D eigenvalue weighted by Gasteiger charge is -2.34. The second-order valence-electron chi connectivity index (χ2n) is 5.18. The van der Waals surface area contributed by atoms with Crippen LogP contribution in [0.5, 0.6) is 0 Å². The molecular formula is C15H17BrF2O2. The van der Waals surface area contributed by atoms with E-state index in [9.17, 15) is 13.6 Å². The summed E-state index contributed by atoms with van der Waals surface area (Å²) in [4.78, 5) is 12.5. The molecule has 0 atom stereocenters. The number of carbonyl (C=O) groups excluding carboxylic acids is 1. The first-order valence-corrected chi connectivity index (χ1v) is 7.50. The van der Waals surface area contributed by atoms with Gasteiger partial charge < -0.3 is 4.74 Å². The van der Waals surface area contributed by atoms with Crippen molar-refractivity contribution in [2.75, 3.05) is 7.11 Å². The van der Waals surface area contributed by atoms with Crippen LogP contribution in [0.1, 0.15) is 37.7 Å². The van der Waals surface area contributed by atoms with Crippen molar-refractivity contribution in [3.05, 3.63) is 33.8 Å². The normalized spacial score (nSPS) is 18.0. The molecule has 1 aliphatic rings. The molecule has 1 aromatic rings. The van der Waals surface area contributed by atoms with E-state index in [1.54, 1.807) is 0 Å². The summed E-state index contributed by atoms with van der Waals surface area (Å²) in [7, 11) is 1.50. The number of carbonyl (C=O) groups is 1. The van der Waals surface area contributed by atoms with E-state index in [0.717, 1.165) is 25.3 Å². The van der Waals surface area contributed by atoms with Crippen molar-refractivity contribution in [3.63, 3.8) is 0 Å². The van der Waals surface area contributed by atoms with Gasteiger partial charge in [-0.05, 0) is 40.9 Å². The van der Waals surface area contributed by atoms with Gasteiger partial charge in [-0.25, -0.2) is 8.78 Å². The second-order valence-corrected chi connectivity index (χ2v) is 6.04. The van der Waals surface area contributed by atoms with Gasteiger partial charge in [-0.15, -0.1) is 0 Å². The van der Waals surface area contributed by atoms with Crippen LogP contribution in [0, 0.1) is 11.6 Å². The van der Waals surface area contributed by atoms with E-state index < -0.39 is 17.2 Å². The number of ketones is 1. The Kier molecular flexibility index (Phi) is 4.91. The highest BCUT2D eigenvalue weighted by atomic mass is 79.9. The molecule has 0 aliphatic heterocycles. The molecular weight excluding hydrogens is 330 g/mol. The highest BCUT2D eigenvalue weighted by Crippen LogP contribution is 2.34. The largest absolute Gasteiger partial charge is 0.370 e. The minimum Gasteiger partial charge on any atom is -0.370 e. The third-order valence-electron chi connectivity index (χ3n) is 4.04. The quantitative estimate of drug-likeness (QED) is 0.764. The lowest BCUT2D eigenvalue weighted by Crippen LogP contribution is -2.43. The fourth-order valence-electron chi connectivity index (χ4n) is 2.77. The second kappa shape index (κ2) is 6.31. The van der Waals surface area contributed by atoms with Gasteiger partial charge in [-0.2, -0.15) is 0 Å². The predicted molar refractivity (Wildman–Crippen MR) is 75.6 cm³/mol. The topological polar surface area (TPSA) is 26.3 Å². The Morgan fingerprint density at radius 2 is 1.95 bits per heavy atom. The fourth-order valence-corrected chi connectivity index (χ4v) is 3.14. The van der Waals surface area contributed by atoms with Gasteiger partial charge >= 0.3 is 0 Å². The van der Waals surface area contributed by atoms with Crippen LogP contribution in [0.3, 0.4) is 0 Å². The van der Waals surface area contributed by atoms with Crippen LogP contribution in [0.2, 0.25) is 0 Å². The first-order chi connectivity index (χ1) is 9.50. The van der Waals surface area contributed by atoms with E-state index in [2.05, 4.69) is 15.9 Å². The zero-order valence-corrected chi connectivity index (χ0v) is 12.9. The molecule has 0 unspecified atom stereocenters. The van der Waals surface area contributed by atoms with Crippen LogP contribution < -0.4 is 0 Å². The lowest BCUT2D eigenvalue weighted by molar-refractivity contribution is -0.144. The summed E-state index contributed by atoms with van der Waals surface area (Å²) in [6.45, 7) is 0. The van der Waals surface area contributed by atoms with Gasteiger partial charge in [0.1, 0.15) is 17.2 Å². The molecule has 110 valence electrons. The van der Waals surface area contributed by atoms with Gasteiger partial charge in [-0.3, -0.25) is 4.79 Å². The molecule has 1 saturated carbocycles. The number of benzene rings is 1. The molecule has 20 heavy (non-hydrogen) atoms. The summed E-state index contributed by atoms with van der Waals surface area (Å²) < 4.78 is 33.3. The monoisotopic (exact) mass is 346 g/mol. The summed E-state index contributed by atoms with van der Waals surface area (Å²) in [5.74, 6) is -1.64. The maximum atomic E-state index is 13.9. The maximum absolute atomic E-state index is 13.9. The average molecular weight is 347 g/mol. The van der Waals surface area contributed by atoms with Crippen LogP contribution >= 0.6 is 15.9 Å². The van der Waals surface area contributed by atoms with Crippen LogP contribution in [-0.4, -0.2) is 18.5 Å². The first kappa shape index (κ1) is 15.6. The standard InChI is InChI=1S/C15H17BrF2O2/c1-20-15(7-3-2-4-8-15)13(19)9-10-12(17)6-5-11(16)14(10)18/h5-6H,2-4,7-9H2,1H3. The lowest BCUT2D eigenvalue weighted by atomic mass is 9.79. The fraction of sp³-hybridized carbons (Fsp3) is 0.533. The third kappa shape index (κ3) is 2.93. The number of methoxy groups -OCH3 is 1. The van der Waals surface area contributed by atoms with E-state index in [0.29, 0.717) is 12.8 Å². The van der Waals surface area contributed by atoms with Crippen LogP contribution in [0.25, 0.3) is 0 Å². The number of halogens is 3. The summed E-state index contributed by atoms with van der Waals surface area (Å²) in [6.07, 6.45) is 3.86. The van der Waals surface area contributed by atoms with Crippen molar-refractivity contribution in [2.24, 2.45) is 0 Å². The van der Waals surface area contributed by atoms with Crippen molar-refractivity contribution < 1.29 is 18.3 Å². The van der Waals surface area contributed by atoms with Gasteiger partial charge in [0, 0.05) is 19.1 Å². The number of rotatable bonds is 4. The molecule has 0 radical (unpaired) electrons. The molecule has 2 rings (SSSR count). The van der Waals surface area contributed by atoms with Crippen molar-refractivity contribution in [1.29, 1.82) is 0 Å². The molecule has 1 aliphatic carbocycles. The van der Waals surface area contributed by atoms with Crippen molar-refractivity contribution in [2.45, 2.75) is 44.1 Å². The van der Waals surface area contributed by atoms with Gasteiger partial charge in [0.15, 0.2) is 5.78 Å². The molecule has 5 heteroatoms. The number of Topliss-reactive ketones (excluding diaryl/α,β-unsaturated/α-hetero) is 1. The zero-order valence-electron chi connectivity index (χ0n) is 11.3. The molecule has 1 fully saturated rings. The van der Waals surface area contributed by atoms with Crippen LogP contribution in [-0.2, 0) is 16.0 Å². The molecule has 0 spiro atoms. The van der Waals surface area contributed by atoms with Gasteiger partial charge in [-0.1, -0.05) is 19.3 Å². The molecule has 0 saturated heterocycles. The summed E-state index contributed by atoms with van der Waals surface area (Å²) in [6, 6.07) is 2.46. The van der Waals surface area contributed by atoms with Crippen molar-refractivity contribution in [3.8, 4) is 0 Å². The summed E-state index contributed by atoms with van der Waals surface area (Å²) in [5.41, 5.74) is -1.06. The minimum absolute atomic E-state index is 0.164. The molecule has 0 bridgehead atoms. The Hall–Kier alpha value is -0.810. The SMILES string of the molecule is COC1(C(=O)Cc2c(F)ccc(Br)c2F)CCCCC1. The number of hydrogen-bond acceptors (Lipinski definition) is 2. The van der Waals surface area contributed by atoms with Crippen LogP contribution in [0.15, 0.2) is 16.6 Å². The average Bonchev–Trinajstić information content (AvgIpc) is 2.48. The van der Waals surface area contributed by atoms with Crippen LogP contribution in [0.4, 0.5) is 8.78 Å². The van der Waals surface area contributed by atoms with Gasteiger partial charge in [0.25, 0.3) is 0 Å². The van der Waals surface area contributed by atoms with Gasteiger partial charge in [0.05, 0.1) is 4.47 Å². The smallest absolute Gasteiger partial charge is 0.169 e. The molecule has 0 amide bonds. The van der Waals surface area contributed by atoms with E-state index in [-0.39, 0.29) is 22.2 Å². The third-order valence-corrected chi connectivity index (χ3v) is 4.65.